The van der Waals surface area contributed by atoms with Gasteiger partial charge in [-0.1, -0.05) is 19.8 Å². The fourth-order valence-electron chi connectivity index (χ4n) is 3.09. The average Bonchev–Trinajstić information content (AvgIpc) is 2.80. The molecule has 3 heteroatoms. The van der Waals surface area contributed by atoms with Gasteiger partial charge in [0.2, 0.25) is 0 Å². The maximum absolute atomic E-state index is 9.01. The minimum atomic E-state index is 0.206. The van der Waals surface area contributed by atoms with Crippen LogP contribution in [0.4, 0.5) is 0 Å². The van der Waals surface area contributed by atoms with Crippen molar-refractivity contribution in [3.05, 3.63) is 0 Å². The molecule has 0 amide bonds. The van der Waals surface area contributed by atoms with Crippen molar-refractivity contribution in [2.24, 2.45) is 5.41 Å². The van der Waals surface area contributed by atoms with E-state index in [0.717, 1.165) is 26.1 Å². The van der Waals surface area contributed by atoms with E-state index in [0.29, 0.717) is 12.0 Å². The third-order valence-corrected chi connectivity index (χ3v) is 4.30. The van der Waals surface area contributed by atoms with Gasteiger partial charge in [-0.15, -0.1) is 0 Å². The zero-order chi connectivity index (χ0) is 14.4. The van der Waals surface area contributed by atoms with Crippen molar-refractivity contribution >= 4 is 0 Å². The summed E-state index contributed by atoms with van der Waals surface area (Å²) in [6, 6.07) is 0. The fourth-order valence-corrected chi connectivity index (χ4v) is 3.09. The smallest absolute Gasteiger partial charge is 0.0443 e. The highest BCUT2D eigenvalue weighted by Gasteiger charge is 2.35. The van der Waals surface area contributed by atoms with E-state index in [9.17, 15) is 0 Å². The fraction of sp³-hybridized carbons (Fsp3) is 1.00. The lowest BCUT2D eigenvalue weighted by atomic mass is 9.84. The van der Waals surface area contributed by atoms with Crippen LogP contribution in [-0.2, 0) is 0 Å². The summed E-state index contributed by atoms with van der Waals surface area (Å²) >= 11 is 0. The molecular formula is C16H34N2O. The van der Waals surface area contributed by atoms with Crippen LogP contribution in [0.1, 0.15) is 59.8 Å². The molecule has 0 saturated heterocycles. The Hall–Kier alpha value is -0.120. The van der Waals surface area contributed by atoms with Crippen molar-refractivity contribution in [1.29, 1.82) is 0 Å². The Bertz CT molecular complexity index is 242. The van der Waals surface area contributed by atoms with Crippen LogP contribution in [0.2, 0.25) is 0 Å². The Balaban J connectivity index is 2.54. The maximum Gasteiger partial charge on any atom is 0.0443 e. The van der Waals surface area contributed by atoms with Gasteiger partial charge in [0.05, 0.1) is 0 Å². The van der Waals surface area contributed by atoms with E-state index in [4.69, 9.17) is 5.11 Å². The summed E-state index contributed by atoms with van der Waals surface area (Å²) in [7, 11) is 0. The summed E-state index contributed by atoms with van der Waals surface area (Å²) in [5.74, 6) is 0. The quantitative estimate of drug-likeness (QED) is 0.712. The average molecular weight is 270 g/mol. The molecule has 1 fully saturated rings. The Labute approximate surface area is 119 Å². The van der Waals surface area contributed by atoms with Gasteiger partial charge in [0.15, 0.2) is 0 Å². The van der Waals surface area contributed by atoms with Crippen LogP contribution in [-0.4, -0.2) is 48.3 Å². The molecule has 0 aromatic rings. The molecule has 1 rings (SSSR count). The van der Waals surface area contributed by atoms with Gasteiger partial charge in [-0.25, -0.2) is 0 Å². The lowest BCUT2D eigenvalue weighted by Crippen LogP contribution is -2.48. The molecule has 0 aliphatic heterocycles. The van der Waals surface area contributed by atoms with E-state index < -0.39 is 0 Å². The Morgan fingerprint density at radius 3 is 2.32 bits per heavy atom. The predicted octanol–water partition coefficient (Wildman–Crippen LogP) is 2.64. The van der Waals surface area contributed by atoms with Gasteiger partial charge < -0.3 is 15.3 Å². The lowest BCUT2D eigenvalue weighted by molar-refractivity contribution is 0.135. The monoisotopic (exact) mass is 270 g/mol. The predicted molar refractivity (Wildman–Crippen MR) is 82.5 cm³/mol. The summed E-state index contributed by atoms with van der Waals surface area (Å²) in [5.41, 5.74) is 0.663. The highest BCUT2D eigenvalue weighted by molar-refractivity contribution is 4.91. The summed E-state index contributed by atoms with van der Waals surface area (Å²) in [6.07, 6.45) is 6.36. The summed E-state index contributed by atoms with van der Waals surface area (Å²) in [5, 5.41) is 12.7. The van der Waals surface area contributed by atoms with Crippen LogP contribution in [0.15, 0.2) is 0 Å². The van der Waals surface area contributed by atoms with Gasteiger partial charge >= 0.3 is 0 Å². The van der Waals surface area contributed by atoms with Gasteiger partial charge in [0.1, 0.15) is 0 Å². The number of aliphatic hydroxyl groups excluding tert-OH is 1. The van der Waals surface area contributed by atoms with E-state index in [1.54, 1.807) is 0 Å². The van der Waals surface area contributed by atoms with Gasteiger partial charge in [0.25, 0.3) is 0 Å². The molecule has 0 radical (unpaired) electrons. The minimum absolute atomic E-state index is 0.206. The zero-order valence-electron chi connectivity index (χ0n) is 13.5. The highest BCUT2D eigenvalue weighted by Crippen LogP contribution is 2.38. The zero-order valence-corrected chi connectivity index (χ0v) is 13.5. The molecule has 2 N–H and O–H groups in total. The SMILES string of the molecule is CCN(CCCO)CC1(CNC(C)(C)C)CCCC1. The Morgan fingerprint density at radius 1 is 1.21 bits per heavy atom. The molecule has 0 bridgehead atoms. The number of rotatable bonds is 8. The summed E-state index contributed by atoms with van der Waals surface area (Å²) in [6.45, 7) is 13.7. The first-order valence-electron chi connectivity index (χ1n) is 7.99. The van der Waals surface area contributed by atoms with Crippen molar-refractivity contribution in [1.82, 2.24) is 10.2 Å². The first kappa shape index (κ1) is 16.9. The molecule has 1 aliphatic carbocycles. The Kier molecular flexibility index (Phi) is 6.78. The largest absolute Gasteiger partial charge is 0.396 e. The topological polar surface area (TPSA) is 35.5 Å². The van der Waals surface area contributed by atoms with Crippen LogP contribution in [0, 0.1) is 5.41 Å². The first-order valence-corrected chi connectivity index (χ1v) is 7.99. The lowest BCUT2D eigenvalue weighted by Gasteiger charge is -2.37. The molecule has 0 aromatic heterocycles. The second-order valence-electron chi connectivity index (χ2n) is 7.26. The Morgan fingerprint density at radius 2 is 1.84 bits per heavy atom. The van der Waals surface area contributed by atoms with E-state index >= 15 is 0 Å². The normalized spacial score (nSPS) is 19.3. The van der Waals surface area contributed by atoms with Crippen molar-refractivity contribution in [2.75, 3.05) is 32.8 Å². The molecular weight excluding hydrogens is 236 g/mol. The molecule has 114 valence electrons. The standard InChI is InChI=1S/C16H34N2O/c1-5-18(11-8-12-19)14-16(9-6-7-10-16)13-17-15(2,3)4/h17,19H,5-14H2,1-4H3. The molecule has 1 saturated carbocycles. The molecule has 0 aromatic carbocycles. The van der Waals surface area contributed by atoms with Gasteiger partial charge in [-0.3, -0.25) is 0 Å². The highest BCUT2D eigenvalue weighted by atomic mass is 16.3. The second-order valence-corrected chi connectivity index (χ2v) is 7.26. The third kappa shape index (κ3) is 6.24. The molecule has 0 heterocycles. The molecule has 19 heavy (non-hydrogen) atoms. The van der Waals surface area contributed by atoms with E-state index in [1.165, 1.54) is 32.2 Å². The third-order valence-electron chi connectivity index (χ3n) is 4.30. The second kappa shape index (κ2) is 7.61. The van der Waals surface area contributed by atoms with E-state index in [2.05, 4.69) is 37.9 Å². The van der Waals surface area contributed by atoms with Crippen LogP contribution < -0.4 is 5.32 Å². The van der Waals surface area contributed by atoms with Gasteiger partial charge in [-0.05, 0) is 52.0 Å². The van der Waals surface area contributed by atoms with Crippen LogP contribution in [0.5, 0.6) is 0 Å². The molecule has 1 aliphatic rings. The molecule has 3 nitrogen and oxygen atoms in total. The van der Waals surface area contributed by atoms with Crippen molar-refractivity contribution in [3.8, 4) is 0 Å². The van der Waals surface area contributed by atoms with Crippen molar-refractivity contribution < 1.29 is 5.11 Å². The number of aliphatic hydroxyl groups is 1. The first-order chi connectivity index (χ1) is 8.91. The van der Waals surface area contributed by atoms with Gasteiger partial charge in [-0.2, -0.15) is 0 Å². The van der Waals surface area contributed by atoms with Crippen molar-refractivity contribution in [3.63, 3.8) is 0 Å². The van der Waals surface area contributed by atoms with Crippen LogP contribution >= 0.6 is 0 Å². The number of hydrogen-bond donors (Lipinski definition) is 2. The minimum Gasteiger partial charge on any atom is -0.396 e. The number of nitrogens with one attached hydrogen (secondary N) is 1. The van der Waals surface area contributed by atoms with Gasteiger partial charge in [0, 0.05) is 31.8 Å². The summed E-state index contributed by atoms with van der Waals surface area (Å²) in [4.78, 5) is 2.52. The molecule has 0 atom stereocenters. The van der Waals surface area contributed by atoms with Crippen LogP contribution in [0.25, 0.3) is 0 Å². The van der Waals surface area contributed by atoms with Crippen LogP contribution in [0.3, 0.4) is 0 Å². The van der Waals surface area contributed by atoms with E-state index in [1.807, 2.05) is 0 Å². The number of hydrogen-bond acceptors (Lipinski definition) is 3. The summed E-state index contributed by atoms with van der Waals surface area (Å²) < 4.78 is 0. The van der Waals surface area contributed by atoms with Crippen molar-refractivity contribution in [2.45, 2.75) is 65.3 Å². The molecule has 0 unspecified atom stereocenters. The maximum atomic E-state index is 9.01. The van der Waals surface area contributed by atoms with E-state index in [-0.39, 0.29) is 5.54 Å². The number of nitrogens with zero attached hydrogens (tertiary/aromatic N) is 1. The molecule has 0 spiro atoms.